The molecule has 0 amide bonds. The van der Waals surface area contributed by atoms with E-state index in [4.69, 9.17) is 5.11 Å². The predicted molar refractivity (Wildman–Crippen MR) is 60.6 cm³/mol. The van der Waals surface area contributed by atoms with Gasteiger partial charge in [-0.15, -0.1) is 0 Å². The maximum absolute atomic E-state index is 9.90. The van der Waals surface area contributed by atoms with Crippen LogP contribution in [-0.4, -0.2) is 16.8 Å². The minimum Gasteiger partial charge on any atom is -0.393 e. The van der Waals surface area contributed by atoms with Crippen LogP contribution < -0.4 is 0 Å². The highest BCUT2D eigenvalue weighted by Crippen LogP contribution is 2.24. The number of hydrogen-bond donors (Lipinski definition) is 2. The Bertz CT molecular complexity index is 475. The summed E-state index contributed by atoms with van der Waals surface area (Å²) in [6.45, 7) is 1.34. The lowest BCUT2D eigenvalue weighted by Crippen LogP contribution is -2.25. The number of rotatable bonds is 2. The first-order valence-electron chi connectivity index (χ1n) is 4.96. The topological polar surface area (TPSA) is 40.5 Å². The van der Waals surface area contributed by atoms with Gasteiger partial charge in [-0.05, 0) is 29.3 Å². The van der Waals surface area contributed by atoms with Crippen LogP contribution in [0.25, 0.3) is 10.8 Å². The number of aliphatic hydroxyl groups excluding tert-OH is 1. The molecule has 2 nitrogen and oxygen atoms in total. The molecule has 2 aromatic carbocycles. The van der Waals surface area contributed by atoms with Crippen molar-refractivity contribution < 1.29 is 10.2 Å². The van der Waals surface area contributed by atoms with Crippen molar-refractivity contribution in [3.05, 3.63) is 48.0 Å². The quantitative estimate of drug-likeness (QED) is 0.782. The molecule has 0 spiro atoms. The van der Waals surface area contributed by atoms with E-state index in [9.17, 15) is 5.11 Å². The van der Waals surface area contributed by atoms with Gasteiger partial charge in [0.25, 0.3) is 0 Å². The molecule has 0 saturated heterocycles. The van der Waals surface area contributed by atoms with Crippen molar-refractivity contribution in [1.82, 2.24) is 0 Å². The fourth-order valence-corrected chi connectivity index (χ4v) is 1.62. The van der Waals surface area contributed by atoms with E-state index in [1.807, 2.05) is 42.5 Å². The minimum atomic E-state index is -1.16. The smallest absolute Gasteiger partial charge is 0.110 e. The molecule has 1 atom stereocenters. The second-order valence-electron chi connectivity index (χ2n) is 3.99. The summed E-state index contributed by atoms with van der Waals surface area (Å²) in [6, 6.07) is 13.7. The zero-order valence-electron chi connectivity index (χ0n) is 8.64. The monoisotopic (exact) mass is 202 g/mol. The van der Waals surface area contributed by atoms with Gasteiger partial charge >= 0.3 is 0 Å². The number of benzene rings is 2. The van der Waals surface area contributed by atoms with E-state index in [2.05, 4.69) is 0 Å². The van der Waals surface area contributed by atoms with Gasteiger partial charge in [-0.25, -0.2) is 0 Å². The van der Waals surface area contributed by atoms with E-state index < -0.39 is 5.60 Å². The zero-order chi connectivity index (χ0) is 10.9. The van der Waals surface area contributed by atoms with E-state index >= 15 is 0 Å². The predicted octanol–water partition coefficient (Wildman–Crippen LogP) is 2.04. The van der Waals surface area contributed by atoms with Crippen LogP contribution >= 0.6 is 0 Å². The van der Waals surface area contributed by atoms with Gasteiger partial charge in [0.15, 0.2) is 0 Å². The van der Waals surface area contributed by atoms with E-state index in [-0.39, 0.29) is 6.61 Å². The fraction of sp³-hybridized carbons (Fsp3) is 0.231. The lowest BCUT2D eigenvalue weighted by molar-refractivity contribution is -0.00217. The van der Waals surface area contributed by atoms with Crippen LogP contribution in [-0.2, 0) is 5.60 Å². The zero-order valence-corrected chi connectivity index (χ0v) is 8.64. The summed E-state index contributed by atoms with van der Waals surface area (Å²) < 4.78 is 0. The van der Waals surface area contributed by atoms with E-state index in [0.29, 0.717) is 0 Å². The summed E-state index contributed by atoms with van der Waals surface area (Å²) in [7, 11) is 0. The summed E-state index contributed by atoms with van der Waals surface area (Å²) in [5.41, 5.74) is -0.423. The van der Waals surface area contributed by atoms with Gasteiger partial charge in [-0.3, -0.25) is 0 Å². The summed E-state index contributed by atoms with van der Waals surface area (Å²) in [4.78, 5) is 0. The highest BCUT2D eigenvalue weighted by Gasteiger charge is 2.21. The van der Waals surface area contributed by atoms with Gasteiger partial charge in [-0.2, -0.15) is 0 Å². The average molecular weight is 202 g/mol. The van der Waals surface area contributed by atoms with Crippen LogP contribution in [0.5, 0.6) is 0 Å². The largest absolute Gasteiger partial charge is 0.393 e. The molecule has 0 heterocycles. The molecule has 78 valence electrons. The maximum Gasteiger partial charge on any atom is 0.110 e. The molecule has 0 radical (unpaired) electrons. The summed E-state index contributed by atoms with van der Waals surface area (Å²) in [6.07, 6.45) is 0. The van der Waals surface area contributed by atoms with Crippen LogP contribution in [0.15, 0.2) is 42.5 Å². The Labute approximate surface area is 88.8 Å². The van der Waals surface area contributed by atoms with Gasteiger partial charge in [0.05, 0.1) is 6.61 Å². The molecule has 1 unspecified atom stereocenters. The molecule has 0 aliphatic carbocycles. The lowest BCUT2D eigenvalue weighted by atomic mass is 9.94. The van der Waals surface area contributed by atoms with Crippen molar-refractivity contribution in [2.75, 3.05) is 6.61 Å². The fourth-order valence-electron chi connectivity index (χ4n) is 1.62. The van der Waals surface area contributed by atoms with Crippen LogP contribution in [0, 0.1) is 0 Å². The normalized spacial score (nSPS) is 15.1. The molecule has 0 bridgehead atoms. The third-order valence-corrected chi connectivity index (χ3v) is 2.68. The molecule has 2 aromatic rings. The van der Waals surface area contributed by atoms with Gasteiger partial charge in [0.2, 0.25) is 0 Å². The van der Waals surface area contributed by atoms with E-state index in [0.717, 1.165) is 16.3 Å². The first-order chi connectivity index (χ1) is 7.13. The number of fused-ring (bicyclic) bond motifs is 1. The van der Waals surface area contributed by atoms with Gasteiger partial charge < -0.3 is 10.2 Å². The van der Waals surface area contributed by atoms with Crippen LogP contribution in [0.2, 0.25) is 0 Å². The second-order valence-corrected chi connectivity index (χ2v) is 3.99. The van der Waals surface area contributed by atoms with Crippen molar-refractivity contribution in [3.8, 4) is 0 Å². The standard InChI is InChI=1S/C13H14O2/c1-13(15,9-14)12-7-6-10-4-2-3-5-11(10)8-12/h2-8,14-15H,9H2,1H3. The van der Waals surface area contributed by atoms with Crippen molar-refractivity contribution in [2.45, 2.75) is 12.5 Å². The van der Waals surface area contributed by atoms with Gasteiger partial charge in [-0.1, -0.05) is 36.4 Å². The minimum absolute atomic E-state index is 0.272. The van der Waals surface area contributed by atoms with E-state index in [1.54, 1.807) is 6.92 Å². The average Bonchev–Trinajstić information content (AvgIpc) is 2.28. The van der Waals surface area contributed by atoms with Crippen molar-refractivity contribution in [1.29, 1.82) is 0 Å². The highest BCUT2D eigenvalue weighted by molar-refractivity contribution is 5.83. The molecular formula is C13H14O2. The van der Waals surface area contributed by atoms with Crippen molar-refractivity contribution >= 4 is 10.8 Å². The molecule has 0 aliphatic rings. The van der Waals surface area contributed by atoms with Gasteiger partial charge in [0.1, 0.15) is 5.60 Å². The summed E-state index contributed by atoms with van der Waals surface area (Å²) in [5.74, 6) is 0. The third kappa shape index (κ3) is 1.87. The summed E-state index contributed by atoms with van der Waals surface area (Å²) >= 11 is 0. The van der Waals surface area contributed by atoms with E-state index in [1.165, 1.54) is 0 Å². The summed E-state index contributed by atoms with van der Waals surface area (Å²) in [5, 5.41) is 21.2. The van der Waals surface area contributed by atoms with Crippen molar-refractivity contribution in [2.24, 2.45) is 0 Å². The Morgan fingerprint density at radius 3 is 2.40 bits per heavy atom. The number of aliphatic hydroxyl groups is 2. The molecule has 0 aromatic heterocycles. The molecule has 2 N–H and O–H groups in total. The van der Waals surface area contributed by atoms with Crippen molar-refractivity contribution in [3.63, 3.8) is 0 Å². The Morgan fingerprint density at radius 1 is 1.07 bits per heavy atom. The SMILES string of the molecule is CC(O)(CO)c1ccc2ccccc2c1. The Morgan fingerprint density at radius 2 is 1.73 bits per heavy atom. The Kier molecular flexibility index (Phi) is 2.47. The first-order valence-corrected chi connectivity index (χ1v) is 4.96. The first kappa shape index (κ1) is 10.1. The van der Waals surface area contributed by atoms with Crippen LogP contribution in [0.4, 0.5) is 0 Å². The number of hydrogen-bond acceptors (Lipinski definition) is 2. The molecule has 0 fully saturated rings. The molecule has 15 heavy (non-hydrogen) atoms. The third-order valence-electron chi connectivity index (χ3n) is 2.68. The Hall–Kier alpha value is -1.38. The molecule has 0 aliphatic heterocycles. The molecule has 2 rings (SSSR count). The Balaban J connectivity index is 2.56. The van der Waals surface area contributed by atoms with Gasteiger partial charge in [0, 0.05) is 0 Å². The highest BCUT2D eigenvalue weighted by atomic mass is 16.3. The van der Waals surface area contributed by atoms with Crippen LogP contribution in [0.1, 0.15) is 12.5 Å². The maximum atomic E-state index is 9.90. The molecule has 0 saturated carbocycles. The molecular weight excluding hydrogens is 188 g/mol. The second kappa shape index (κ2) is 3.65. The lowest BCUT2D eigenvalue weighted by Gasteiger charge is -2.21. The molecule has 2 heteroatoms. The van der Waals surface area contributed by atoms with Crippen LogP contribution in [0.3, 0.4) is 0 Å².